The molecule has 1 aromatic carbocycles. The number of ether oxygens (including phenoxy) is 2. The third-order valence-corrected chi connectivity index (χ3v) is 5.43. The third kappa shape index (κ3) is 8.44. The Labute approximate surface area is 201 Å². The van der Waals surface area contributed by atoms with Crippen LogP contribution in [0, 0.1) is 17.7 Å². The number of hydrogen-bond donors (Lipinski definition) is 2. The van der Waals surface area contributed by atoms with E-state index >= 15 is 0 Å². The van der Waals surface area contributed by atoms with Gasteiger partial charge in [-0.1, -0.05) is 6.07 Å². The lowest BCUT2D eigenvalue weighted by atomic mass is 10.1. The Morgan fingerprint density at radius 2 is 2.10 bits per heavy atom. The van der Waals surface area contributed by atoms with E-state index in [0.717, 1.165) is 25.2 Å². The van der Waals surface area contributed by atoms with Crippen LogP contribution in [0.2, 0.25) is 0 Å². The normalized spacial score (nSPS) is 19.4. The second-order valence-corrected chi connectivity index (χ2v) is 8.37. The van der Waals surface area contributed by atoms with Gasteiger partial charge in [0.15, 0.2) is 17.5 Å². The molecule has 9 heteroatoms. The van der Waals surface area contributed by atoms with Crippen molar-refractivity contribution in [1.29, 1.82) is 0 Å². The molecule has 1 saturated carbocycles. The number of amides is 1. The second kappa shape index (κ2) is 12.4. The summed E-state index contributed by atoms with van der Waals surface area (Å²) in [5.41, 5.74) is 0.781. The number of carbonyl (C=O) groups excluding carboxylic acids is 1. The molecule has 0 spiro atoms. The lowest BCUT2D eigenvalue weighted by Crippen LogP contribution is -2.42. The summed E-state index contributed by atoms with van der Waals surface area (Å²) < 4.78 is 25.4. The molecule has 7 nitrogen and oxygen atoms in total. The highest BCUT2D eigenvalue weighted by Gasteiger charge is 2.23. The van der Waals surface area contributed by atoms with Gasteiger partial charge in [0.25, 0.3) is 0 Å². The maximum absolute atomic E-state index is 14.5. The van der Waals surface area contributed by atoms with Gasteiger partial charge in [-0.2, -0.15) is 0 Å². The van der Waals surface area contributed by atoms with Crippen molar-refractivity contribution in [3.05, 3.63) is 29.6 Å². The molecule has 3 rings (SSSR count). The fraction of sp³-hybridized carbons (Fsp3) is 0.636. The minimum absolute atomic E-state index is 0. The highest BCUT2D eigenvalue weighted by atomic mass is 127. The van der Waals surface area contributed by atoms with Crippen LogP contribution in [0.15, 0.2) is 23.2 Å². The van der Waals surface area contributed by atoms with Crippen LogP contribution in [0.1, 0.15) is 37.8 Å². The van der Waals surface area contributed by atoms with E-state index < -0.39 is 0 Å². The first-order chi connectivity index (χ1) is 14.4. The molecule has 31 heavy (non-hydrogen) atoms. The second-order valence-electron chi connectivity index (χ2n) is 8.37. The van der Waals surface area contributed by atoms with Gasteiger partial charge in [-0.05, 0) is 49.8 Å². The third-order valence-electron chi connectivity index (χ3n) is 5.43. The fourth-order valence-electron chi connectivity index (χ4n) is 3.11. The van der Waals surface area contributed by atoms with Crippen LogP contribution in [0.5, 0.6) is 5.75 Å². The predicted octanol–water partition coefficient (Wildman–Crippen LogP) is 2.95. The van der Waals surface area contributed by atoms with Crippen LogP contribution in [-0.4, -0.2) is 63.8 Å². The lowest BCUT2D eigenvalue weighted by molar-refractivity contribution is -0.127. The van der Waals surface area contributed by atoms with Crippen LogP contribution in [0.25, 0.3) is 0 Å². The maximum atomic E-state index is 14.5. The van der Waals surface area contributed by atoms with E-state index in [1.165, 1.54) is 23.8 Å². The molecule has 1 amide bonds. The Morgan fingerprint density at radius 1 is 1.32 bits per heavy atom. The predicted molar refractivity (Wildman–Crippen MR) is 130 cm³/mol. The monoisotopic (exact) mass is 548 g/mol. The molecular weight excluding hydrogens is 514 g/mol. The Bertz CT molecular complexity index is 752. The summed E-state index contributed by atoms with van der Waals surface area (Å²) in [5, 5.41) is 6.57. The van der Waals surface area contributed by atoms with Crippen LogP contribution in [-0.2, 0) is 9.53 Å². The van der Waals surface area contributed by atoms with Gasteiger partial charge >= 0.3 is 0 Å². The first-order valence-electron chi connectivity index (χ1n) is 10.7. The zero-order chi connectivity index (χ0) is 21.5. The largest absolute Gasteiger partial charge is 0.490 e. The summed E-state index contributed by atoms with van der Waals surface area (Å²) in [6.45, 7) is 4.75. The number of likely N-dealkylation sites (N-methyl/N-ethyl adjacent to an activating group) is 1. The molecule has 1 aliphatic heterocycles. The number of aliphatic imine (C=N–C) groups is 1. The van der Waals surface area contributed by atoms with Crippen molar-refractivity contribution in [2.24, 2.45) is 16.8 Å². The molecule has 174 valence electrons. The number of hydrogen-bond acceptors (Lipinski definition) is 4. The van der Waals surface area contributed by atoms with Crippen molar-refractivity contribution in [2.75, 3.05) is 47.0 Å². The Balaban J connectivity index is 0.00000341. The number of rotatable bonds is 9. The zero-order valence-corrected chi connectivity index (χ0v) is 20.9. The van der Waals surface area contributed by atoms with E-state index in [-0.39, 0.29) is 48.3 Å². The van der Waals surface area contributed by atoms with Crippen molar-refractivity contribution in [2.45, 2.75) is 32.2 Å². The van der Waals surface area contributed by atoms with Gasteiger partial charge in [0, 0.05) is 33.2 Å². The molecule has 0 radical (unpaired) electrons. The van der Waals surface area contributed by atoms with Crippen LogP contribution in [0.3, 0.4) is 0 Å². The standard InChI is InChI=1S/C22H33FN4O3.HI/c1-15(18-6-7-20(19(23)10-18)30-14-16-4-5-16)26-22(25-12-21(28)27(2)3)24-11-17-8-9-29-13-17;/h6-7,10,15-17H,4-5,8-9,11-14H2,1-3H3,(H2,24,25,26);1H. The number of carbonyl (C=O) groups is 1. The molecular formula is C22H34FIN4O3. The van der Waals surface area contributed by atoms with Crippen molar-refractivity contribution in [1.82, 2.24) is 15.5 Å². The maximum Gasteiger partial charge on any atom is 0.243 e. The number of guanidine groups is 1. The summed E-state index contributed by atoms with van der Waals surface area (Å²) in [6.07, 6.45) is 3.33. The quantitative estimate of drug-likeness (QED) is 0.282. The van der Waals surface area contributed by atoms with E-state index in [1.807, 2.05) is 13.0 Å². The molecule has 2 aliphatic rings. The van der Waals surface area contributed by atoms with Crippen LogP contribution in [0.4, 0.5) is 4.39 Å². The number of nitrogens with one attached hydrogen (secondary N) is 2. The van der Waals surface area contributed by atoms with E-state index in [9.17, 15) is 9.18 Å². The van der Waals surface area contributed by atoms with Gasteiger partial charge in [0.1, 0.15) is 6.54 Å². The van der Waals surface area contributed by atoms with Gasteiger partial charge in [-0.3, -0.25) is 4.79 Å². The molecule has 2 atom stereocenters. The van der Waals surface area contributed by atoms with Gasteiger partial charge < -0.3 is 25.0 Å². The Hall–Kier alpha value is -1.62. The topological polar surface area (TPSA) is 75.2 Å². The Morgan fingerprint density at radius 3 is 2.71 bits per heavy atom. The van der Waals surface area contributed by atoms with E-state index in [1.54, 1.807) is 20.2 Å². The molecule has 2 fully saturated rings. The van der Waals surface area contributed by atoms with Crippen molar-refractivity contribution in [3.63, 3.8) is 0 Å². The average molecular weight is 548 g/mol. The molecule has 2 N–H and O–H groups in total. The molecule has 1 heterocycles. The van der Waals surface area contributed by atoms with E-state index in [4.69, 9.17) is 9.47 Å². The number of benzene rings is 1. The molecule has 2 unspecified atom stereocenters. The summed E-state index contributed by atoms with van der Waals surface area (Å²) in [5.74, 6) is 1.36. The minimum atomic E-state index is -0.362. The highest BCUT2D eigenvalue weighted by Crippen LogP contribution is 2.30. The summed E-state index contributed by atoms with van der Waals surface area (Å²) >= 11 is 0. The van der Waals surface area contributed by atoms with Gasteiger partial charge in [-0.25, -0.2) is 9.38 Å². The van der Waals surface area contributed by atoms with Gasteiger partial charge in [0.05, 0.1) is 19.3 Å². The molecule has 1 aromatic rings. The zero-order valence-electron chi connectivity index (χ0n) is 18.5. The molecule has 1 saturated heterocycles. The summed E-state index contributed by atoms with van der Waals surface area (Å²) in [4.78, 5) is 17.9. The number of nitrogens with zero attached hydrogens (tertiary/aromatic N) is 2. The van der Waals surface area contributed by atoms with Gasteiger partial charge in [0.2, 0.25) is 5.91 Å². The lowest BCUT2D eigenvalue weighted by Gasteiger charge is -2.21. The van der Waals surface area contributed by atoms with E-state index in [0.29, 0.717) is 36.7 Å². The van der Waals surface area contributed by atoms with Crippen molar-refractivity contribution < 1.29 is 18.7 Å². The number of halogens is 2. The average Bonchev–Trinajstić information content (AvgIpc) is 3.41. The van der Waals surface area contributed by atoms with E-state index in [2.05, 4.69) is 15.6 Å². The van der Waals surface area contributed by atoms with Gasteiger partial charge in [-0.15, -0.1) is 24.0 Å². The van der Waals surface area contributed by atoms with Crippen LogP contribution < -0.4 is 15.4 Å². The SMILES string of the molecule is CC(NC(=NCC(=O)N(C)C)NCC1CCOC1)c1ccc(OCC2CC2)c(F)c1.I. The minimum Gasteiger partial charge on any atom is -0.490 e. The molecule has 0 bridgehead atoms. The smallest absolute Gasteiger partial charge is 0.243 e. The molecule has 0 aromatic heterocycles. The van der Waals surface area contributed by atoms with Crippen LogP contribution >= 0.6 is 24.0 Å². The Kier molecular flexibility index (Phi) is 10.3. The van der Waals surface area contributed by atoms with Crippen molar-refractivity contribution >= 4 is 35.8 Å². The molecule has 1 aliphatic carbocycles. The highest BCUT2D eigenvalue weighted by molar-refractivity contribution is 14.0. The van der Waals surface area contributed by atoms with Crippen molar-refractivity contribution in [3.8, 4) is 5.75 Å². The summed E-state index contributed by atoms with van der Waals surface area (Å²) in [6, 6.07) is 4.84. The fourth-order valence-corrected chi connectivity index (χ4v) is 3.11. The first-order valence-corrected chi connectivity index (χ1v) is 10.7. The summed E-state index contributed by atoms with van der Waals surface area (Å²) in [7, 11) is 3.40. The first kappa shape index (κ1) is 25.6.